The Labute approximate surface area is 154 Å². The van der Waals surface area contributed by atoms with Crippen molar-refractivity contribution < 1.29 is 23.1 Å². The lowest BCUT2D eigenvalue weighted by Crippen LogP contribution is -2.53. The molecule has 26 heavy (non-hydrogen) atoms. The molecule has 2 fully saturated rings. The van der Waals surface area contributed by atoms with Crippen LogP contribution in [0.5, 0.6) is 5.75 Å². The number of carbonyl (C=O) groups is 1. The fourth-order valence-corrected chi connectivity index (χ4v) is 5.00. The minimum Gasteiger partial charge on any atom is -0.497 e. The molecule has 2 aliphatic heterocycles. The molecule has 2 aliphatic rings. The first-order valence-electron chi connectivity index (χ1n) is 8.74. The van der Waals surface area contributed by atoms with Gasteiger partial charge in [-0.05, 0) is 30.0 Å². The molecule has 0 radical (unpaired) electrons. The standard InChI is InChI=1S/C18H26N2O5S/c1-25-16-5-3-14(4-6-16)9-17(22)19-8-7-15-10-20(26(2,23)24)12-18(15,11-19)13-21/h3-6,15,21H,7-13H2,1-2H3. The van der Waals surface area contributed by atoms with E-state index in [9.17, 15) is 18.3 Å². The molecule has 144 valence electrons. The number of likely N-dealkylation sites (tertiary alicyclic amines) is 1. The van der Waals surface area contributed by atoms with Crippen molar-refractivity contribution in [2.75, 3.05) is 46.2 Å². The number of benzene rings is 1. The molecule has 2 heterocycles. The van der Waals surface area contributed by atoms with E-state index in [0.717, 1.165) is 11.3 Å². The number of aliphatic hydroxyl groups is 1. The molecule has 7 nitrogen and oxygen atoms in total. The molecule has 1 aromatic rings. The number of nitrogens with zero attached hydrogens (tertiary/aromatic N) is 2. The first-order valence-corrected chi connectivity index (χ1v) is 10.6. The molecular weight excluding hydrogens is 356 g/mol. The van der Waals surface area contributed by atoms with Crippen molar-refractivity contribution in [1.82, 2.24) is 9.21 Å². The number of carbonyl (C=O) groups excluding carboxylic acids is 1. The maximum Gasteiger partial charge on any atom is 0.227 e. The number of rotatable bonds is 5. The highest BCUT2D eigenvalue weighted by molar-refractivity contribution is 7.88. The van der Waals surface area contributed by atoms with Crippen LogP contribution in [-0.2, 0) is 21.2 Å². The van der Waals surface area contributed by atoms with E-state index < -0.39 is 15.4 Å². The van der Waals surface area contributed by atoms with Gasteiger partial charge in [0, 0.05) is 31.6 Å². The maximum absolute atomic E-state index is 12.7. The third-order valence-corrected chi connectivity index (χ3v) is 6.90. The minimum atomic E-state index is -3.29. The van der Waals surface area contributed by atoms with Crippen LogP contribution in [0.3, 0.4) is 0 Å². The van der Waals surface area contributed by atoms with Crippen molar-refractivity contribution >= 4 is 15.9 Å². The van der Waals surface area contributed by atoms with Crippen LogP contribution in [0.4, 0.5) is 0 Å². The van der Waals surface area contributed by atoms with Crippen molar-refractivity contribution in [2.45, 2.75) is 12.8 Å². The van der Waals surface area contributed by atoms with Gasteiger partial charge in [0.15, 0.2) is 0 Å². The number of methoxy groups -OCH3 is 1. The molecule has 8 heteroatoms. The second-order valence-electron chi connectivity index (χ2n) is 7.40. The van der Waals surface area contributed by atoms with Gasteiger partial charge >= 0.3 is 0 Å². The molecule has 0 aliphatic carbocycles. The van der Waals surface area contributed by atoms with E-state index in [1.54, 1.807) is 12.0 Å². The second kappa shape index (κ2) is 7.17. The van der Waals surface area contributed by atoms with E-state index in [-0.39, 0.29) is 31.4 Å². The van der Waals surface area contributed by atoms with Crippen molar-refractivity contribution in [1.29, 1.82) is 0 Å². The Kier molecular flexibility index (Phi) is 5.28. The summed E-state index contributed by atoms with van der Waals surface area (Å²) in [4.78, 5) is 14.5. The highest BCUT2D eigenvalue weighted by Gasteiger charge is 2.52. The fraction of sp³-hybridized carbons (Fsp3) is 0.611. The molecule has 1 N–H and O–H groups in total. The smallest absolute Gasteiger partial charge is 0.227 e. The van der Waals surface area contributed by atoms with Gasteiger partial charge in [-0.1, -0.05) is 12.1 Å². The number of ether oxygens (including phenoxy) is 1. The Morgan fingerprint density at radius 3 is 2.58 bits per heavy atom. The molecule has 1 amide bonds. The van der Waals surface area contributed by atoms with Gasteiger partial charge in [0.25, 0.3) is 0 Å². The molecule has 2 atom stereocenters. The summed E-state index contributed by atoms with van der Waals surface area (Å²) < 4.78 is 30.4. The van der Waals surface area contributed by atoms with Gasteiger partial charge < -0.3 is 14.7 Å². The first kappa shape index (κ1) is 19.1. The summed E-state index contributed by atoms with van der Waals surface area (Å²) in [6.45, 7) is 1.59. The van der Waals surface area contributed by atoms with Crippen LogP contribution >= 0.6 is 0 Å². The SMILES string of the molecule is COc1ccc(CC(=O)N2CCC3CN(S(C)(=O)=O)CC3(CO)C2)cc1. The van der Waals surface area contributed by atoms with Crippen molar-refractivity contribution in [3.8, 4) is 5.75 Å². The summed E-state index contributed by atoms with van der Waals surface area (Å²) >= 11 is 0. The van der Waals surface area contributed by atoms with Crippen LogP contribution in [0.15, 0.2) is 24.3 Å². The van der Waals surface area contributed by atoms with E-state index in [0.29, 0.717) is 26.1 Å². The highest BCUT2D eigenvalue weighted by atomic mass is 32.2. The summed E-state index contributed by atoms with van der Waals surface area (Å²) in [6, 6.07) is 7.38. The Hall–Kier alpha value is -1.64. The molecule has 0 spiro atoms. The lowest BCUT2D eigenvalue weighted by Gasteiger charge is -2.43. The maximum atomic E-state index is 12.7. The predicted molar refractivity (Wildman–Crippen MR) is 97.3 cm³/mol. The lowest BCUT2D eigenvalue weighted by atomic mass is 9.74. The number of hydrogen-bond donors (Lipinski definition) is 1. The quantitative estimate of drug-likeness (QED) is 0.794. The van der Waals surface area contributed by atoms with Crippen molar-refractivity contribution in [3.63, 3.8) is 0 Å². The zero-order valence-corrected chi connectivity index (χ0v) is 16.0. The van der Waals surface area contributed by atoms with Gasteiger partial charge in [-0.15, -0.1) is 0 Å². The molecule has 3 rings (SSSR count). The van der Waals surface area contributed by atoms with Crippen LogP contribution in [0.25, 0.3) is 0 Å². The second-order valence-corrected chi connectivity index (χ2v) is 9.38. The monoisotopic (exact) mass is 382 g/mol. The van der Waals surface area contributed by atoms with Crippen LogP contribution in [0, 0.1) is 11.3 Å². The molecule has 1 aromatic carbocycles. The van der Waals surface area contributed by atoms with Gasteiger partial charge in [0.05, 0.1) is 26.4 Å². The van der Waals surface area contributed by atoms with Gasteiger partial charge in [0.2, 0.25) is 15.9 Å². The third kappa shape index (κ3) is 3.72. The number of aliphatic hydroxyl groups excluding tert-OH is 1. The molecule has 0 saturated carbocycles. The fourth-order valence-electron chi connectivity index (χ4n) is 4.06. The van der Waals surface area contributed by atoms with Crippen molar-refractivity contribution in [3.05, 3.63) is 29.8 Å². The summed E-state index contributed by atoms with van der Waals surface area (Å²) in [6.07, 6.45) is 2.19. The molecule has 0 aromatic heterocycles. The topological polar surface area (TPSA) is 87.2 Å². The number of piperidine rings is 1. The minimum absolute atomic E-state index is 0.000697. The Morgan fingerprint density at radius 1 is 1.31 bits per heavy atom. The average Bonchev–Trinajstić information content (AvgIpc) is 3.02. The molecule has 0 bridgehead atoms. The zero-order chi connectivity index (χ0) is 18.9. The number of hydrogen-bond acceptors (Lipinski definition) is 5. The van der Waals surface area contributed by atoms with E-state index in [1.165, 1.54) is 10.6 Å². The van der Waals surface area contributed by atoms with Crippen LogP contribution in [-0.4, -0.2) is 74.8 Å². The molecule has 2 saturated heterocycles. The van der Waals surface area contributed by atoms with Crippen LogP contribution < -0.4 is 4.74 Å². The van der Waals surface area contributed by atoms with Gasteiger partial charge in [-0.2, -0.15) is 0 Å². The van der Waals surface area contributed by atoms with Crippen molar-refractivity contribution in [2.24, 2.45) is 11.3 Å². The summed E-state index contributed by atoms with van der Waals surface area (Å²) in [5, 5.41) is 10.0. The van der Waals surface area contributed by atoms with E-state index >= 15 is 0 Å². The highest BCUT2D eigenvalue weighted by Crippen LogP contribution is 2.42. The Bertz CT molecular complexity index is 764. The summed E-state index contributed by atoms with van der Waals surface area (Å²) in [5.74, 6) is 0.833. The zero-order valence-electron chi connectivity index (χ0n) is 15.2. The summed E-state index contributed by atoms with van der Waals surface area (Å²) in [7, 11) is -1.70. The third-order valence-electron chi connectivity index (χ3n) is 5.69. The lowest BCUT2D eigenvalue weighted by molar-refractivity contribution is -0.135. The molecular formula is C18H26N2O5S. The van der Waals surface area contributed by atoms with Gasteiger partial charge in [0.1, 0.15) is 5.75 Å². The number of fused-ring (bicyclic) bond motifs is 1. The van der Waals surface area contributed by atoms with E-state index in [1.807, 2.05) is 24.3 Å². The van der Waals surface area contributed by atoms with Gasteiger partial charge in [-0.25, -0.2) is 12.7 Å². The van der Waals surface area contributed by atoms with Gasteiger partial charge in [-0.3, -0.25) is 4.79 Å². The Morgan fingerprint density at radius 2 is 2.00 bits per heavy atom. The first-order chi connectivity index (χ1) is 12.3. The largest absolute Gasteiger partial charge is 0.497 e. The number of amides is 1. The normalized spacial score (nSPS) is 26.6. The average molecular weight is 382 g/mol. The Balaban J connectivity index is 1.69. The van der Waals surface area contributed by atoms with Crippen LogP contribution in [0.2, 0.25) is 0 Å². The van der Waals surface area contributed by atoms with E-state index in [4.69, 9.17) is 4.74 Å². The number of sulfonamides is 1. The molecule has 2 unspecified atom stereocenters. The summed E-state index contributed by atoms with van der Waals surface area (Å²) in [5.41, 5.74) is 0.344. The van der Waals surface area contributed by atoms with Crippen LogP contribution in [0.1, 0.15) is 12.0 Å². The predicted octanol–water partition coefficient (Wildman–Crippen LogP) is 0.340. The van der Waals surface area contributed by atoms with E-state index in [2.05, 4.69) is 0 Å².